The fourth-order valence-electron chi connectivity index (χ4n) is 8.58. The maximum Gasteiger partial charge on any atom is 0.306 e. The van der Waals surface area contributed by atoms with E-state index in [0.717, 1.165) is 83.5 Å². The predicted molar refractivity (Wildman–Crippen MR) is 279 cm³/mol. The van der Waals surface area contributed by atoms with Crippen molar-refractivity contribution in [3.8, 4) is 0 Å². The minimum atomic E-state index is -0.773. The van der Waals surface area contributed by atoms with Crippen LogP contribution in [0, 0.1) is 0 Å². The van der Waals surface area contributed by atoms with E-state index in [0.29, 0.717) is 19.3 Å². The molecule has 0 amide bonds. The van der Waals surface area contributed by atoms with Gasteiger partial charge < -0.3 is 14.2 Å². The molecular weight excluding hydrogens is 805 g/mol. The molecule has 0 bridgehead atoms. The third kappa shape index (κ3) is 52.7. The molecule has 0 aliphatic rings. The molecule has 0 heterocycles. The summed E-state index contributed by atoms with van der Waals surface area (Å²) in [5, 5.41) is 0. The second-order valence-corrected chi connectivity index (χ2v) is 19.6. The van der Waals surface area contributed by atoms with Gasteiger partial charge in [0.25, 0.3) is 0 Å². The van der Waals surface area contributed by atoms with E-state index in [2.05, 4.69) is 45.1 Å². The number of allylic oxidation sites excluding steroid dienone is 4. The number of ether oxygens (including phenoxy) is 3. The molecule has 0 N–H and O–H groups in total. The Labute approximate surface area is 404 Å². The van der Waals surface area contributed by atoms with Crippen LogP contribution in [-0.2, 0) is 28.6 Å². The molecule has 6 nitrogen and oxygen atoms in total. The van der Waals surface area contributed by atoms with Gasteiger partial charge in [0, 0.05) is 19.3 Å². The first-order valence-electron chi connectivity index (χ1n) is 28.8. The van der Waals surface area contributed by atoms with Crippen molar-refractivity contribution in [3.05, 3.63) is 24.3 Å². The van der Waals surface area contributed by atoms with Crippen LogP contribution in [0.3, 0.4) is 0 Å². The minimum absolute atomic E-state index is 0.0715. The smallest absolute Gasteiger partial charge is 0.306 e. The fraction of sp³-hybridized carbons (Fsp3) is 0.881. The highest BCUT2D eigenvalue weighted by Crippen LogP contribution is 2.17. The highest BCUT2D eigenvalue weighted by Gasteiger charge is 2.19. The summed E-state index contributed by atoms with van der Waals surface area (Å²) in [6.07, 6.45) is 63.1. The molecule has 0 saturated heterocycles. The summed E-state index contributed by atoms with van der Waals surface area (Å²) in [7, 11) is 0. The van der Waals surface area contributed by atoms with E-state index < -0.39 is 6.10 Å². The number of hydrogen-bond donors (Lipinski definition) is 0. The molecule has 0 aliphatic carbocycles. The van der Waals surface area contributed by atoms with Crippen LogP contribution in [0.15, 0.2) is 24.3 Å². The van der Waals surface area contributed by atoms with Crippen molar-refractivity contribution >= 4 is 17.9 Å². The van der Waals surface area contributed by atoms with Gasteiger partial charge in [-0.15, -0.1) is 0 Å². The van der Waals surface area contributed by atoms with Gasteiger partial charge in [0.1, 0.15) is 13.2 Å². The second kappa shape index (κ2) is 54.5. The van der Waals surface area contributed by atoms with Gasteiger partial charge >= 0.3 is 17.9 Å². The van der Waals surface area contributed by atoms with Gasteiger partial charge in [0.2, 0.25) is 0 Å². The fourth-order valence-corrected chi connectivity index (χ4v) is 8.58. The van der Waals surface area contributed by atoms with Crippen molar-refractivity contribution in [2.45, 2.75) is 322 Å². The molecule has 65 heavy (non-hydrogen) atoms. The van der Waals surface area contributed by atoms with Crippen molar-refractivity contribution in [3.63, 3.8) is 0 Å². The predicted octanol–water partition coefficient (Wildman–Crippen LogP) is 19.1. The Balaban J connectivity index is 4.30. The Bertz CT molecular complexity index is 1050. The standard InChI is InChI=1S/C59H110O6/c1-4-7-10-13-16-19-22-25-28-29-30-31-32-35-37-40-43-46-49-52-58(61)64-55-56(65-59(62)53-50-47-44-41-38-34-27-24-21-18-15-12-9-6-3)54-63-57(60)51-48-45-42-39-36-33-26-23-20-17-14-11-8-5-2/h15,18,24,27,56H,4-14,16-17,19-23,25-26,28-55H2,1-3H3/b18-15-,27-24-/t56-/m1/s1. The number of unbranched alkanes of at least 4 members (excludes halogenated alkanes) is 38. The summed E-state index contributed by atoms with van der Waals surface area (Å²) >= 11 is 0. The maximum absolute atomic E-state index is 12.8. The first-order valence-corrected chi connectivity index (χ1v) is 28.8. The van der Waals surface area contributed by atoms with Crippen LogP contribution in [0.25, 0.3) is 0 Å². The van der Waals surface area contributed by atoms with Gasteiger partial charge in [0.05, 0.1) is 0 Å². The lowest BCUT2D eigenvalue weighted by Crippen LogP contribution is -2.30. The molecule has 6 heteroatoms. The van der Waals surface area contributed by atoms with Gasteiger partial charge in [-0.25, -0.2) is 0 Å². The summed E-state index contributed by atoms with van der Waals surface area (Å²) in [6, 6.07) is 0. The molecular formula is C59H110O6. The van der Waals surface area contributed by atoms with Crippen molar-refractivity contribution in [2.75, 3.05) is 13.2 Å². The topological polar surface area (TPSA) is 78.9 Å². The highest BCUT2D eigenvalue weighted by atomic mass is 16.6. The van der Waals surface area contributed by atoms with Crippen molar-refractivity contribution in [1.29, 1.82) is 0 Å². The van der Waals surface area contributed by atoms with E-state index in [4.69, 9.17) is 14.2 Å². The van der Waals surface area contributed by atoms with Crippen LogP contribution in [0.4, 0.5) is 0 Å². The molecule has 0 saturated carbocycles. The Morgan fingerprint density at radius 1 is 0.308 bits per heavy atom. The summed E-state index contributed by atoms with van der Waals surface area (Å²) in [6.45, 7) is 6.64. The highest BCUT2D eigenvalue weighted by molar-refractivity contribution is 5.71. The van der Waals surface area contributed by atoms with Crippen molar-refractivity contribution in [2.24, 2.45) is 0 Å². The van der Waals surface area contributed by atoms with Crippen LogP contribution in [-0.4, -0.2) is 37.2 Å². The Hall–Kier alpha value is -2.11. The number of rotatable bonds is 53. The largest absolute Gasteiger partial charge is 0.462 e. The third-order valence-electron chi connectivity index (χ3n) is 13.0. The van der Waals surface area contributed by atoms with Gasteiger partial charge in [0.15, 0.2) is 6.10 Å². The number of hydrogen-bond acceptors (Lipinski definition) is 6. The Morgan fingerprint density at radius 2 is 0.569 bits per heavy atom. The maximum atomic E-state index is 12.8. The van der Waals surface area contributed by atoms with Crippen LogP contribution >= 0.6 is 0 Å². The average molecular weight is 916 g/mol. The molecule has 0 rings (SSSR count). The van der Waals surface area contributed by atoms with E-state index in [1.54, 1.807) is 0 Å². The molecule has 0 aliphatic heterocycles. The van der Waals surface area contributed by atoms with E-state index >= 15 is 0 Å². The van der Waals surface area contributed by atoms with Gasteiger partial charge in [-0.1, -0.05) is 276 Å². The van der Waals surface area contributed by atoms with E-state index in [9.17, 15) is 14.4 Å². The lowest BCUT2D eigenvalue weighted by molar-refractivity contribution is -0.167. The van der Waals surface area contributed by atoms with Gasteiger partial charge in [-0.05, 0) is 44.9 Å². The zero-order chi connectivity index (χ0) is 47.2. The lowest BCUT2D eigenvalue weighted by atomic mass is 10.0. The molecule has 0 spiro atoms. The monoisotopic (exact) mass is 915 g/mol. The second-order valence-electron chi connectivity index (χ2n) is 19.6. The van der Waals surface area contributed by atoms with E-state index in [-0.39, 0.29) is 31.1 Å². The Kier molecular flexibility index (Phi) is 52.7. The molecule has 0 unspecified atom stereocenters. The van der Waals surface area contributed by atoms with E-state index in [1.807, 2.05) is 0 Å². The Morgan fingerprint density at radius 3 is 0.892 bits per heavy atom. The van der Waals surface area contributed by atoms with Crippen LogP contribution in [0.5, 0.6) is 0 Å². The zero-order valence-corrected chi connectivity index (χ0v) is 43.8. The third-order valence-corrected chi connectivity index (χ3v) is 13.0. The van der Waals surface area contributed by atoms with Crippen molar-refractivity contribution < 1.29 is 28.6 Å². The molecule has 0 fully saturated rings. The van der Waals surface area contributed by atoms with Crippen molar-refractivity contribution in [1.82, 2.24) is 0 Å². The summed E-state index contributed by atoms with van der Waals surface area (Å²) in [5.74, 6) is -0.864. The summed E-state index contributed by atoms with van der Waals surface area (Å²) < 4.78 is 16.9. The molecule has 382 valence electrons. The SMILES string of the molecule is CCCC/C=C\C/C=C\CCCCCCCC(=O)O[C@H](COC(=O)CCCCCCCCCCCCCCCC)COC(=O)CCCCCCCCCCCCCCCCCCCCC. The average Bonchev–Trinajstić information content (AvgIpc) is 3.30. The van der Waals surface area contributed by atoms with Gasteiger partial charge in [-0.2, -0.15) is 0 Å². The van der Waals surface area contributed by atoms with Crippen LogP contribution in [0.1, 0.15) is 316 Å². The number of carbonyl (C=O) groups excluding carboxylic acids is 3. The molecule has 0 aromatic heterocycles. The first kappa shape index (κ1) is 62.9. The molecule has 0 aromatic carbocycles. The summed E-state index contributed by atoms with van der Waals surface area (Å²) in [4.78, 5) is 38.1. The minimum Gasteiger partial charge on any atom is -0.462 e. The van der Waals surface area contributed by atoms with Crippen LogP contribution in [0.2, 0.25) is 0 Å². The van der Waals surface area contributed by atoms with E-state index in [1.165, 1.54) is 193 Å². The zero-order valence-electron chi connectivity index (χ0n) is 43.8. The van der Waals surface area contributed by atoms with Crippen LogP contribution < -0.4 is 0 Å². The quantitative estimate of drug-likeness (QED) is 0.0262. The lowest BCUT2D eigenvalue weighted by Gasteiger charge is -2.18. The molecule has 0 radical (unpaired) electrons. The molecule has 0 aromatic rings. The molecule has 1 atom stereocenters. The summed E-state index contributed by atoms with van der Waals surface area (Å²) in [5.41, 5.74) is 0. The first-order chi connectivity index (χ1) is 32.0. The number of carbonyl (C=O) groups is 3. The van der Waals surface area contributed by atoms with Gasteiger partial charge in [-0.3, -0.25) is 14.4 Å². The number of esters is 3. The normalized spacial score (nSPS) is 12.1.